The van der Waals surface area contributed by atoms with Crippen molar-refractivity contribution in [1.29, 1.82) is 0 Å². The van der Waals surface area contributed by atoms with Gasteiger partial charge in [-0.15, -0.1) is 0 Å². The third kappa shape index (κ3) is 4.43. The molecule has 0 aromatic heterocycles. The molecule has 0 radical (unpaired) electrons. The van der Waals surface area contributed by atoms with Crippen LogP contribution in [0.3, 0.4) is 0 Å². The molecule has 0 aromatic carbocycles. The van der Waals surface area contributed by atoms with Crippen molar-refractivity contribution in [3.8, 4) is 0 Å². The molecule has 0 bridgehead atoms. The topological polar surface area (TPSA) is 24.5 Å². The number of rotatable bonds is 8. The molecule has 1 saturated heterocycles. The maximum Gasteiger partial charge on any atom is 0.0594 e. The van der Waals surface area contributed by atoms with Crippen LogP contribution in [0.1, 0.15) is 65.7 Å². The summed E-state index contributed by atoms with van der Waals surface area (Å²) in [6.07, 6.45) is 9.48. The molecule has 1 unspecified atom stereocenters. The summed E-state index contributed by atoms with van der Waals surface area (Å²) in [5.41, 5.74) is 0.411. The molecule has 0 amide bonds. The second-order valence-corrected chi connectivity index (χ2v) is 7.39. The summed E-state index contributed by atoms with van der Waals surface area (Å²) in [7, 11) is 0. The van der Waals surface area contributed by atoms with Gasteiger partial charge in [0.1, 0.15) is 0 Å². The molecule has 0 aromatic rings. The zero-order valence-electron chi connectivity index (χ0n) is 14.5. The van der Waals surface area contributed by atoms with Crippen molar-refractivity contribution in [2.45, 2.75) is 77.3 Å². The molecule has 21 heavy (non-hydrogen) atoms. The molecule has 3 nitrogen and oxygen atoms in total. The number of nitrogens with zero attached hydrogens (tertiary/aromatic N) is 1. The van der Waals surface area contributed by atoms with Gasteiger partial charge in [0.25, 0.3) is 0 Å². The summed E-state index contributed by atoms with van der Waals surface area (Å²) in [6, 6.07) is 0.667. The standard InChI is InChI=1S/C18H36N2O/c1-4-11-19-17(8-7-16(2)3)18(9-5-6-10-18)20-12-14-21-15-13-20/h16-17,19H,4-15H2,1-3H3. The van der Waals surface area contributed by atoms with Crippen LogP contribution in [-0.4, -0.2) is 49.3 Å². The predicted octanol–water partition coefficient (Wildman–Crippen LogP) is 3.44. The second kappa shape index (κ2) is 8.50. The fourth-order valence-electron chi connectivity index (χ4n) is 4.26. The van der Waals surface area contributed by atoms with Gasteiger partial charge < -0.3 is 10.1 Å². The number of hydrogen-bond acceptors (Lipinski definition) is 3. The minimum atomic E-state index is 0.411. The highest BCUT2D eigenvalue weighted by Crippen LogP contribution is 2.40. The van der Waals surface area contributed by atoms with Crippen LogP contribution in [0.2, 0.25) is 0 Å². The van der Waals surface area contributed by atoms with Gasteiger partial charge in [0.15, 0.2) is 0 Å². The predicted molar refractivity (Wildman–Crippen MR) is 89.7 cm³/mol. The Kier molecular flexibility index (Phi) is 6.97. The second-order valence-electron chi connectivity index (χ2n) is 7.39. The van der Waals surface area contributed by atoms with Crippen LogP contribution in [-0.2, 0) is 4.74 Å². The van der Waals surface area contributed by atoms with Crippen LogP contribution in [0, 0.1) is 5.92 Å². The summed E-state index contributed by atoms with van der Waals surface area (Å²) >= 11 is 0. The zero-order valence-corrected chi connectivity index (χ0v) is 14.5. The lowest BCUT2D eigenvalue weighted by Gasteiger charge is -2.49. The molecule has 2 rings (SSSR count). The van der Waals surface area contributed by atoms with Crippen LogP contribution in [0.15, 0.2) is 0 Å². The van der Waals surface area contributed by atoms with Crippen molar-refractivity contribution in [2.24, 2.45) is 5.92 Å². The van der Waals surface area contributed by atoms with E-state index in [2.05, 4.69) is 31.0 Å². The van der Waals surface area contributed by atoms with E-state index >= 15 is 0 Å². The average Bonchev–Trinajstić information content (AvgIpc) is 2.99. The van der Waals surface area contributed by atoms with Gasteiger partial charge >= 0.3 is 0 Å². The zero-order chi connectivity index (χ0) is 15.1. The van der Waals surface area contributed by atoms with Crippen molar-refractivity contribution in [1.82, 2.24) is 10.2 Å². The Morgan fingerprint density at radius 3 is 2.33 bits per heavy atom. The smallest absolute Gasteiger partial charge is 0.0594 e. The minimum Gasteiger partial charge on any atom is -0.379 e. The number of nitrogens with one attached hydrogen (secondary N) is 1. The summed E-state index contributed by atoms with van der Waals surface area (Å²) in [5.74, 6) is 0.805. The van der Waals surface area contributed by atoms with Crippen LogP contribution >= 0.6 is 0 Å². The number of morpholine rings is 1. The van der Waals surface area contributed by atoms with Crippen molar-refractivity contribution in [3.63, 3.8) is 0 Å². The summed E-state index contributed by atoms with van der Waals surface area (Å²) < 4.78 is 5.60. The minimum absolute atomic E-state index is 0.411. The first-order chi connectivity index (χ1) is 10.2. The maximum absolute atomic E-state index is 5.60. The molecule has 2 fully saturated rings. The van der Waals surface area contributed by atoms with Gasteiger partial charge in [0, 0.05) is 24.7 Å². The van der Waals surface area contributed by atoms with E-state index in [4.69, 9.17) is 4.74 Å². The molecule has 2 aliphatic rings. The largest absolute Gasteiger partial charge is 0.379 e. The lowest BCUT2D eigenvalue weighted by molar-refractivity contribution is -0.0374. The molecule has 0 spiro atoms. The van der Waals surface area contributed by atoms with Crippen LogP contribution in [0.25, 0.3) is 0 Å². The van der Waals surface area contributed by atoms with Gasteiger partial charge in [0.2, 0.25) is 0 Å². The number of ether oxygens (including phenoxy) is 1. The normalized spacial score (nSPS) is 24.6. The van der Waals surface area contributed by atoms with Crippen molar-refractivity contribution in [2.75, 3.05) is 32.8 Å². The Hall–Kier alpha value is -0.120. The fourth-order valence-corrected chi connectivity index (χ4v) is 4.26. The van der Waals surface area contributed by atoms with E-state index in [-0.39, 0.29) is 0 Å². The van der Waals surface area contributed by atoms with Crippen LogP contribution in [0.4, 0.5) is 0 Å². The van der Waals surface area contributed by atoms with E-state index in [1.165, 1.54) is 44.9 Å². The van der Waals surface area contributed by atoms with E-state index in [0.29, 0.717) is 11.6 Å². The molecule has 124 valence electrons. The van der Waals surface area contributed by atoms with Gasteiger partial charge in [-0.3, -0.25) is 4.90 Å². The summed E-state index contributed by atoms with van der Waals surface area (Å²) in [6.45, 7) is 12.3. The Labute approximate surface area is 131 Å². The van der Waals surface area contributed by atoms with Gasteiger partial charge in [-0.2, -0.15) is 0 Å². The van der Waals surface area contributed by atoms with Crippen molar-refractivity contribution in [3.05, 3.63) is 0 Å². The molecule has 1 aliphatic heterocycles. The van der Waals surface area contributed by atoms with E-state index in [9.17, 15) is 0 Å². The third-order valence-electron chi connectivity index (χ3n) is 5.43. The quantitative estimate of drug-likeness (QED) is 0.742. The van der Waals surface area contributed by atoms with Gasteiger partial charge in [-0.05, 0) is 44.6 Å². The Morgan fingerprint density at radius 2 is 1.76 bits per heavy atom. The van der Waals surface area contributed by atoms with Gasteiger partial charge in [0.05, 0.1) is 13.2 Å². The van der Waals surface area contributed by atoms with Gasteiger partial charge in [-0.1, -0.05) is 33.6 Å². The van der Waals surface area contributed by atoms with Crippen molar-refractivity contribution >= 4 is 0 Å². The Bertz CT molecular complexity index is 281. The highest BCUT2D eigenvalue weighted by molar-refractivity contribution is 5.04. The summed E-state index contributed by atoms with van der Waals surface area (Å²) in [4.78, 5) is 2.77. The molecule has 1 N–H and O–H groups in total. The lowest BCUT2D eigenvalue weighted by Crippen LogP contribution is -2.62. The fraction of sp³-hybridized carbons (Fsp3) is 1.00. The van der Waals surface area contributed by atoms with Gasteiger partial charge in [-0.25, -0.2) is 0 Å². The molecular weight excluding hydrogens is 260 g/mol. The Balaban J connectivity index is 2.09. The summed E-state index contributed by atoms with van der Waals surface area (Å²) in [5, 5.41) is 3.92. The Morgan fingerprint density at radius 1 is 1.10 bits per heavy atom. The number of hydrogen-bond donors (Lipinski definition) is 1. The van der Waals surface area contributed by atoms with E-state index in [1.807, 2.05) is 0 Å². The average molecular weight is 296 g/mol. The lowest BCUT2D eigenvalue weighted by atomic mass is 9.82. The van der Waals surface area contributed by atoms with Crippen LogP contribution in [0.5, 0.6) is 0 Å². The third-order valence-corrected chi connectivity index (χ3v) is 5.43. The molecule has 1 atom stereocenters. The SMILES string of the molecule is CCCNC(CCC(C)C)C1(N2CCOCC2)CCCC1. The van der Waals surface area contributed by atoms with E-state index in [0.717, 1.165) is 38.8 Å². The molecule has 1 saturated carbocycles. The first-order valence-corrected chi connectivity index (χ1v) is 9.25. The maximum atomic E-state index is 5.60. The van der Waals surface area contributed by atoms with Crippen LogP contribution < -0.4 is 5.32 Å². The first-order valence-electron chi connectivity index (χ1n) is 9.25. The molecule has 3 heteroatoms. The monoisotopic (exact) mass is 296 g/mol. The van der Waals surface area contributed by atoms with E-state index in [1.54, 1.807) is 0 Å². The van der Waals surface area contributed by atoms with Crippen molar-refractivity contribution < 1.29 is 4.74 Å². The molecular formula is C18H36N2O. The molecule has 1 aliphatic carbocycles. The molecule has 1 heterocycles. The first kappa shape index (κ1) is 17.2. The highest BCUT2D eigenvalue weighted by Gasteiger charge is 2.45. The van der Waals surface area contributed by atoms with E-state index < -0.39 is 0 Å². The highest BCUT2D eigenvalue weighted by atomic mass is 16.5.